The molecule has 0 bridgehead atoms. The predicted molar refractivity (Wildman–Crippen MR) is 84.6 cm³/mol. The first-order valence-corrected chi connectivity index (χ1v) is 7.11. The molecule has 3 aromatic rings. The van der Waals surface area contributed by atoms with Crippen LogP contribution in [-0.2, 0) is 6.18 Å². The zero-order valence-electron chi connectivity index (χ0n) is 12.6. The van der Waals surface area contributed by atoms with Crippen molar-refractivity contribution in [1.29, 1.82) is 0 Å². The summed E-state index contributed by atoms with van der Waals surface area (Å²) in [6, 6.07) is 14.3. The molecule has 0 radical (unpaired) electrons. The highest BCUT2D eigenvalue weighted by molar-refractivity contribution is 5.65. The predicted octanol–water partition coefficient (Wildman–Crippen LogP) is 4.74. The fourth-order valence-electron chi connectivity index (χ4n) is 2.21. The number of aromatic nitrogens is 2. The topological polar surface area (TPSA) is 68.9 Å². The van der Waals surface area contributed by atoms with Crippen LogP contribution in [0.1, 0.15) is 5.69 Å². The molecule has 0 aliphatic heterocycles. The molecule has 0 unspecified atom stereocenters. The van der Waals surface area contributed by atoms with Gasteiger partial charge in [-0.25, -0.2) is 9.97 Å². The van der Waals surface area contributed by atoms with Crippen LogP contribution in [0, 0.1) is 10.1 Å². The summed E-state index contributed by atoms with van der Waals surface area (Å²) in [5, 5.41) is 10.7. The van der Waals surface area contributed by atoms with E-state index in [1.165, 1.54) is 24.3 Å². The molecule has 0 saturated carbocycles. The third kappa shape index (κ3) is 3.63. The summed E-state index contributed by atoms with van der Waals surface area (Å²) in [7, 11) is 0. The molecule has 5 nitrogen and oxygen atoms in total. The minimum absolute atomic E-state index is 0.122. The van der Waals surface area contributed by atoms with Gasteiger partial charge in [-0.3, -0.25) is 10.1 Å². The lowest BCUT2D eigenvalue weighted by Crippen LogP contribution is -2.10. The zero-order valence-corrected chi connectivity index (χ0v) is 12.6. The number of non-ortho nitro benzene ring substituents is 1. The van der Waals surface area contributed by atoms with Gasteiger partial charge in [0.05, 0.1) is 10.6 Å². The van der Waals surface area contributed by atoms with Crippen molar-refractivity contribution in [3.63, 3.8) is 0 Å². The summed E-state index contributed by atoms with van der Waals surface area (Å²) in [5.74, 6) is -0.149. The third-order valence-corrected chi connectivity index (χ3v) is 3.42. The van der Waals surface area contributed by atoms with E-state index in [1.807, 2.05) is 0 Å². The van der Waals surface area contributed by atoms with Crippen LogP contribution < -0.4 is 0 Å². The maximum absolute atomic E-state index is 13.2. The summed E-state index contributed by atoms with van der Waals surface area (Å²) >= 11 is 0. The highest BCUT2D eigenvalue weighted by atomic mass is 19.4. The van der Waals surface area contributed by atoms with Gasteiger partial charge in [-0.2, -0.15) is 13.2 Å². The summed E-state index contributed by atoms with van der Waals surface area (Å²) in [6.07, 6.45) is -4.64. The summed E-state index contributed by atoms with van der Waals surface area (Å²) in [6.45, 7) is 0. The van der Waals surface area contributed by atoms with E-state index in [2.05, 4.69) is 9.97 Å². The van der Waals surface area contributed by atoms with Crippen LogP contribution in [0.3, 0.4) is 0 Å². The van der Waals surface area contributed by atoms with Crippen molar-refractivity contribution in [2.24, 2.45) is 0 Å². The van der Waals surface area contributed by atoms with Crippen LogP contribution in [0.2, 0.25) is 0 Å². The zero-order chi connectivity index (χ0) is 18.0. The Balaban J connectivity index is 2.14. The minimum Gasteiger partial charge on any atom is -0.258 e. The number of nitrogens with zero attached hydrogens (tertiary/aromatic N) is 3. The number of benzene rings is 2. The Kier molecular flexibility index (Phi) is 4.18. The number of hydrogen-bond donors (Lipinski definition) is 0. The molecule has 0 atom stereocenters. The molecule has 0 N–H and O–H groups in total. The first-order valence-electron chi connectivity index (χ1n) is 7.11. The van der Waals surface area contributed by atoms with Gasteiger partial charge in [-0.15, -0.1) is 0 Å². The molecule has 1 aromatic heterocycles. The largest absolute Gasteiger partial charge is 0.433 e. The van der Waals surface area contributed by atoms with Crippen molar-refractivity contribution in [2.75, 3.05) is 0 Å². The maximum Gasteiger partial charge on any atom is 0.433 e. The normalized spacial score (nSPS) is 11.3. The number of halogens is 3. The van der Waals surface area contributed by atoms with Gasteiger partial charge < -0.3 is 0 Å². The second kappa shape index (κ2) is 6.31. The molecule has 0 fully saturated rings. The van der Waals surface area contributed by atoms with Crippen molar-refractivity contribution < 1.29 is 18.1 Å². The van der Waals surface area contributed by atoms with Crippen molar-refractivity contribution in [2.45, 2.75) is 6.18 Å². The molecule has 25 heavy (non-hydrogen) atoms. The second-order valence-corrected chi connectivity index (χ2v) is 5.13. The Labute approximate surface area is 139 Å². The van der Waals surface area contributed by atoms with Crippen LogP contribution in [-0.4, -0.2) is 14.9 Å². The molecule has 2 aromatic carbocycles. The van der Waals surface area contributed by atoms with E-state index < -0.39 is 16.8 Å². The lowest BCUT2D eigenvalue weighted by Gasteiger charge is -2.11. The van der Waals surface area contributed by atoms with Gasteiger partial charge in [0.25, 0.3) is 5.69 Å². The molecule has 126 valence electrons. The van der Waals surface area contributed by atoms with Gasteiger partial charge in [0.15, 0.2) is 5.82 Å². The van der Waals surface area contributed by atoms with E-state index in [0.29, 0.717) is 5.56 Å². The Morgan fingerprint density at radius 1 is 0.880 bits per heavy atom. The first kappa shape index (κ1) is 16.6. The maximum atomic E-state index is 13.2. The van der Waals surface area contributed by atoms with Crippen molar-refractivity contribution in [3.8, 4) is 22.6 Å². The Hall–Kier alpha value is -3.29. The van der Waals surface area contributed by atoms with Gasteiger partial charge >= 0.3 is 6.18 Å². The number of nitro groups is 1. The Bertz CT molecular complexity index is 911. The average molecular weight is 345 g/mol. The minimum atomic E-state index is -4.64. The Morgan fingerprint density at radius 3 is 2.08 bits per heavy atom. The van der Waals surface area contributed by atoms with Gasteiger partial charge in [-0.05, 0) is 18.2 Å². The van der Waals surface area contributed by atoms with Crippen LogP contribution >= 0.6 is 0 Å². The van der Waals surface area contributed by atoms with E-state index in [4.69, 9.17) is 0 Å². The monoisotopic (exact) mass is 345 g/mol. The number of hydrogen-bond acceptors (Lipinski definition) is 4. The molecule has 0 amide bonds. The van der Waals surface area contributed by atoms with Gasteiger partial charge in [0.1, 0.15) is 5.69 Å². The molecule has 8 heteroatoms. The highest BCUT2D eigenvalue weighted by Gasteiger charge is 2.34. The van der Waals surface area contributed by atoms with E-state index in [0.717, 1.165) is 6.07 Å². The fraction of sp³-hybridized carbons (Fsp3) is 0.0588. The molecule has 0 aliphatic carbocycles. The average Bonchev–Trinajstić information content (AvgIpc) is 2.61. The van der Waals surface area contributed by atoms with E-state index in [1.54, 1.807) is 30.3 Å². The van der Waals surface area contributed by atoms with Crippen molar-refractivity contribution >= 4 is 5.69 Å². The number of alkyl halides is 3. The van der Waals surface area contributed by atoms with E-state index in [-0.39, 0.29) is 22.8 Å². The van der Waals surface area contributed by atoms with E-state index in [9.17, 15) is 23.3 Å². The fourth-order valence-corrected chi connectivity index (χ4v) is 2.21. The second-order valence-electron chi connectivity index (χ2n) is 5.13. The number of rotatable bonds is 3. The summed E-state index contributed by atoms with van der Waals surface area (Å²) < 4.78 is 39.5. The lowest BCUT2D eigenvalue weighted by molar-refractivity contribution is -0.384. The summed E-state index contributed by atoms with van der Waals surface area (Å²) in [4.78, 5) is 17.9. The van der Waals surface area contributed by atoms with Gasteiger partial charge in [-0.1, -0.05) is 30.3 Å². The van der Waals surface area contributed by atoms with E-state index >= 15 is 0 Å². The molecule has 0 spiro atoms. The molecule has 1 heterocycles. The SMILES string of the molecule is O=[N+]([O-])c1ccc(-c2nc(-c3ccccc3)cc(C(F)(F)F)n2)cc1. The third-order valence-electron chi connectivity index (χ3n) is 3.42. The van der Waals surface area contributed by atoms with Crippen molar-refractivity contribution in [1.82, 2.24) is 9.97 Å². The molecular formula is C17H10F3N3O2. The van der Waals surface area contributed by atoms with Crippen LogP contribution in [0.5, 0.6) is 0 Å². The molecular weight excluding hydrogens is 335 g/mol. The van der Waals surface area contributed by atoms with Crippen LogP contribution in [0.25, 0.3) is 22.6 Å². The number of nitro benzene ring substituents is 1. The lowest BCUT2D eigenvalue weighted by atomic mass is 10.1. The Morgan fingerprint density at radius 2 is 1.52 bits per heavy atom. The quantitative estimate of drug-likeness (QED) is 0.508. The van der Waals surface area contributed by atoms with Crippen LogP contribution in [0.4, 0.5) is 18.9 Å². The van der Waals surface area contributed by atoms with Gasteiger partial charge in [0.2, 0.25) is 0 Å². The standard InChI is InChI=1S/C17H10F3N3O2/c18-17(19,20)15-10-14(11-4-2-1-3-5-11)21-16(22-15)12-6-8-13(9-7-12)23(24)25/h1-10H. The molecule has 0 saturated heterocycles. The molecule has 0 aliphatic rings. The first-order chi connectivity index (χ1) is 11.8. The highest BCUT2D eigenvalue weighted by Crippen LogP contribution is 2.32. The van der Waals surface area contributed by atoms with Crippen molar-refractivity contribution in [3.05, 3.63) is 76.5 Å². The van der Waals surface area contributed by atoms with Gasteiger partial charge in [0, 0.05) is 23.3 Å². The summed E-state index contributed by atoms with van der Waals surface area (Å²) in [5.41, 5.74) is -0.350. The smallest absolute Gasteiger partial charge is 0.258 e. The molecule has 3 rings (SSSR count). The van der Waals surface area contributed by atoms with Crippen LogP contribution in [0.15, 0.2) is 60.7 Å².